The van der Waals surface area contributed by atoms with Crippen molar-refractivity contribution in [3.05, 3.63) is 59.7 Å². The van der Waals surface area contributed by atoms with E-state index in [1.54, 1.807) is 25.3 Å². The largest absolute Gasteiger partial charge is 0.508 e. The van der Waals surface area contributed by atoms with E-state index in [0.29, 0.717) is 6.54 Å². The summed E-state index contributed by atoms with van der Waals surface area (Å²) in [4.78, 5) is 14.7. The van der Waals surface area contributed by atoms with Gasteiger partial charge in [-0.1, -0.05) is 57.7 Å². The molecule has 0 unspecified atom stereocenters. The van der Waals surface area contributed by atoms with Crippen LogP contribution in [-0.2, 0) is 11.2 Å². The number of anilines is 1. The average molecular weight is 453 g/mol. The van der Waals surface area contributed by atoms with Crippen molar-refractivity contribution in [1.29, 1.82) is 0 Å². The lowest BCUT2D eigenvalue weighted by Crippen LogP contribution is -2.26. The predicted molar refractivity (Wildman–Crippen MR) is 138 cm³/mol. The monoisotopic (exact) mass is 452 g/mol. The Bertz CT molecular complexity index is 852. The SMILES string of the molecule is CCCCCN(CCCCC)c1cc(C=CC(=O)NCCc2ccc(O)cc2)ccc1OC. The number of carbonyl (C=O) groups is 1. The quantitative estimate of drug-likeness (QED) is 0.259. The van der Waals surface area contributed by atoms with E-state index in [1.807, 2.05) is 30.3 Å². The maximum atomic E-state index is 12.3. The fourth-order valence-corrected chi connectivity index (χ4v) is 3.74. The zero-order valence-electron chi connectivity index (χ0n) is 20.5. The molecule has 0 aliphatic carbocycles. The number of unbranched alkanes of at least 4 members (excludes halogenated alkanes) is 4. The minimum absolute atomic E-state index is 0.117. The van der Waals surface area contributed by atoms with E-state index in [-0.39, 0.29) is 11.7 Å². The van der Waals surface area contributed by atoms with Gasteiger partial charge in [-0.25, -0.2) is 0 Å². The number of aromatic hydroxyl groups is 1. The van der Waals surface area contributed by atoms with Gasteiger partial charge in [0.05, 0.1) is 12.8 Å². The summed E-state index contributed by atoms with van der Waals surface area (Å²) < 4.78 is 5.66. The van der Waals surface area contributed by atoms with Crippen LogP contribution in [0.2, 0.25) is 0 Å². The van der Waals surface area contributed by atoms with Gasteiger partial charge in [0.2, 0.25) is 5.91 Å². The number of benzene rings is 2. The second kappa shape index (κ2) is 15.0. The van der Waals surface area contributed by atoms with Crippen LogP contribution in [0.25, 0.3) is 6.08 Å². The molecule has 0 aliphatic heterocycles. The molecule has 0 aliphatic rings. The second-order valence-corrected chi connectivity index (χ2v) is 8.37. The Balaban J connectivity index is 2.01. The average Bonchev–Trinajstić information content (AvgIpc) is 2.83. The van der Waals surface area contributed by atoms with Crippen molar-refractivity contribution in [2.75, 3.05) is 31.6 Å². The van der Waals surface area contributed by atoms with Crippen molar-refractivity contribution in [2.24, 2.45) is 0 Å². The van der Waals surface area contributed by atoms with Crippen LogP contribution < -0.4 is 15.0 Å². The van der Waals surface area contributed by atoms with Gasteiger partial charge in [0.1, 0.15) is 11.5 Å². The van der Waals surface area contributed by atoms with Gasteiger partial charge in [0.25, 0.3) is 0 Å². The molecule has 0 spiro atoms. The van der Waals surface area contributed by atoms with Crippen LogP contribution in [0.15, 0.2) is 48.5 Å². The topological polar surface area (TPSA) is 61.8 Å². The van der Waals surface area contributed by atoms with Crippen LogP contribution in [-0.4, -0.2) is 37.8 Å². The molecule has 5 nitrogen and oxygen atoms in total. The van der Waals surface area contributed by atoms with Crippen LogP contribution in [0.3, 0.4) is 0 Å². The highest BCUT2D eigenvalue weighted by Gasteiger charge is 2.12. The van der Waals surface area contributed by atoms with E-state index in [4.69, 9.17) is 4.74 Å². The molecule has 0 radical (unpaired) electrons. The molecule has 0 bridgehead atoms. The Kier molecular flexibility index (Phi) is 11.9. The minimum Gasteiger partial charge on any atom is -0.508 e. The first-order chi connectivity index (χ1) is 16.1. The van der Waals surface area contributed by atoms with Crippen molar-refractivity contribution < 1.29 is 14.6 Å². The number of ether oxygens (including phenoxy) is 1. The van der Waals surface area contributed by atoms with Gasteiger partial charge in [-0.15, -0.1) is 0 Å². The molecule has 2 N–H and O–H groups in total. The molecule has 2 rings (SSSR count). The number of carbonyl (C=O) groups excluding carboxylic acids is 1. The van der Waals surface area contributed by atoms with Crippen molar-refractivity contribution in [3.63, 3.8) is 0 Å². The number of nitrogens with one attached hydrogen (secondary N) is 1. The van der Waals surface area contributed by atoms with Crippen molar-refractivity contribution >= 4 is 17.7 Å². The summed E-state index contributed by atoms with van der Waals surface area (Å²) in [5.74, 6) is 1.01. The van der Waals surface area contributed by atoms with Crippen molar-refractivity contribution in [2.45, 2.75) is 58.8 Å². The Labute approximate surface area is 199 Å². The van der Waals surface area contributed by atoms with E-state index in [2.05, 4.69) is 30.1 Å². The highest BCUT2D eigenvalue weighted by atomic mass is 16.5. The number of methoxy groups -OCH3 is 1. The first-order valence-corrected chi connectivity index (χ1v) is 12.2. The van der Waals surface area contributed by atoms with E-state index < -0.39 is 0 Å². The van der Waals surface area contributed by atoms with Crippen molar-refractivity contribution in [1.82, 2.24) is 5.32 Å². The molecule has 33 heavy (non-hydrogen) atoms. The maximum Gasteiger partial charge on any atom is 0.244 e. The minimum atomic E-state index is -0.117. The number of nitrogens with zero attached hydrogens (tertiary/aromatic N) is 1. The molecule has 0 aromatic heterocycles. The fraction of sp³-hybridized carbons (Fsp3) is 0.464. The van der Waals surface area contributed by atoms with Crippen LogP contribution in [0, 0.1) is 0 Å². The summed E-state index contributed by atoms with van der Waals surface area (Å²) in [5, 5.41) is 12.3. The standard InChI is InChI=1S/C28H40N2O3/c1-4-6-8-20-30(21-9-7-5-2)26-22-24(12-16-27(26)33-3)13-17-28(32)29-19-18-23-10-14-25(31)15-11-23/h10-17,22,31H,4-9,18-21H2,1-3H3,(H,29,32). The van der Waals surface area contributed by atoms with Crippen LogP contribution in [0.1, 0.15) is 63.5 Å². The van der Waals surface area contributed by atoms with E-state index >= 15 is 0 Å². The van der Waals surface area contributed by atoms with Crippen LogP contribution in [0.4, 0.5) is 5.69 Å². The second-order valence-electron chi connectivity index (χ2n) is 8.37. The number of phenols is 1. The van der Waals surface area contributed by atoms with E-state index in [1.165, 1.54) is 25.7 Å². The van der Waals surface area contributed by atoms with Gasteiger partial charge in [0.15, 0.2) is 0 Å². The molecule has 2 aromatic carbocycles. The van der Waals surface area contributed by atoms with E-state index in [9.17, 15) is 9.90 Å². The Morgan fingerprint density at radius 1 is 1.00 bits per heavy atom. The molecule has 0 heterocycles. The summed E-state index contributed by atoms with van der Waals surface area (Å²) in [5.41, 5.74) is 3.15. The number of rotatable bonds is 15. The van der Waals surface area contributed by atoms with Gasteiger partial charge < -0.3 is 20.1 Å². The van der Waals surface area contributed by atoms with Gasteiger partial charge in [-0.05, 0) is 60.7 Å². The molecular weight excluding hydrogens is 412 g/mol. The maximum absolute atomic E-state index is 12.3. The van der Waals surface area contributed by atoms with E-state index in [0.717, 1.165) is 54.9 Å². The third-order valence-electron chi connectivity index (χ3n) is 5.68. The van der Waals surface area contributed by atoms with Gasteiger partial charge in [-0.2, -0.15) is 0 Å². The molecule has 1 amide bonds. The molecule has 5 heteroatoms. The third kappa shape index (κ3) is 9.60. The number of phenolic OH excluding ortho intramolecular Hbond substituents is 1. The summed E-state index contributed by atoms with van der Waals surface area (Å²) >= 11 is 0. The highest BCUT2D eigenvalue weighted by Crippen LogP contribution is 2.30. The molecule has 0 fully saturated rings. The highest BCUT2D eigenvalue weighted by molar-refractivity contribution is 5.91. The van der Waals surface area contributed by atoms with Gasteiger partial charge >= 0.3 is 0 Å². The zero-order valence-corrected chi connectivity index (χ0v) is 20.5. The summed E-state index contributed by atoms with van der Waals surface area (Å²) in [6.45, 7) is 7.02. The molecule has 0 atom stereocenters. The summed E-state index contributed by atoms with van der Waals surface area (Å²) in [6, 6.07) is 13.1. The smallest absolute Gasteiger partial charge is 0.244 e. The third-order valence-corrected chi connectivity index (χ3v) is 5.68. The van der Waals surface area contributed by atoms with Gasteiger partial charge in [-0.3, -0.25) is 4.79 Å². The Hall–Kier alpha value is -2.95. The summed E-state index contributed by atoms with van der Waals surface area (Å²) in [6.07, 6.45) is 11.3. The lowest BCUT2D eigenvalue weighted by Gasteiger charge is -2.27. The van der Waals surface area contributed by atoms with Crippen molar-refractivity contribution in [3.8, 4) is 11.5 Å². The predicted octanol–water partition coefficient (Wildman–Crippen LogP) is 5.96. The number of hydrogen-bond donors (Lipinski definition) is 2. The molecule has 0 saturated carbocycles. The summed E-state index contributed by atoms with van der Waals surface area (Å²) in [7, 11) is 1.71. The lowest BCUT2D eigenvalue weighted by molar-refractivity contribution is -0.116. The first kappa shape index (κ1) is 26.3. The molecule has 180 valence electrons. The Morgan fingerprint density at radius 2 is 1.67 bits per heavy atom. The fourth-order valence-electron chi connectivity index (χ4n) is 3.74. The van der Waals surface area contributed by atoms with Crippen LogP contribution >= 0.6 is 0 Å². The zero-order chi connectivity index (χ0) is 23.9. The molecular formula is C28H40N2O3. The lowest BCUT2D eigenvalue weighted by atomic mass is 10.1. The first-order valence-electron chi connectivity index (χ1n) is 12.2. The van der Waals surface area contributed by atoms with Gasteiger partial charge in [0, 0.05) is 25.7 Å². The number of amides is 1. The van der Waals surface area contributed by atoms with Crippen LogP contribution in [0.5, 0.6) is 11.5 Å². The normalized spacial score (nSPS) is 11.0. The number of hydrogen-bond acceptors (Lipinski definition) is 4. The Morgan fingerprint density at radius 3 is 2.27 bits per heavy atom. The molecule has 0 saturated heterocycles. The molecule has 2 aromatic rings.